The molecule has 5 nitrogen and oxygen atoms in total. The van der Waals surface area contributed by atoms with Gasteiger partial charge in [-0.1, -0.05) is 0 Å². The second kappa shape index (κ2) is 5.57. The van der Waals surface area contributed by atoms with Crippen LogP contribution in [0.25, 0.3) is 0 Å². The van der Waals surface area contributed by atoms with E-state index in [1.807, 2.05) is 0 Å². The molecule has 6 heteroatoms. The number of carbonyl (C=O) groups excluding carboxylic acids is 1. The molecule has 2 heterocycles. The van der Waals surface area contributed by atoms with E-state index in [1.54, 1.807) is 25.6 Å². The summed E-state index contributed by atoms with van der Waals surface area (Å²) in [6, 6.07) is 1.69. The minimum absolute atomic E-state index is 0.00700. The highest BCUT2D eigenvalue weighted by molar-refractivity contribution is 9.10. The molecule has 1 amide bonds. The number of rotatable bonds is 3. The van der Waals surface area contributed by atoms with E-state index in [0.717, 1.165) is 13.1 Å². The van der Waals surface area contributed by atoms with Crippen LogP contribution in [0.1, 0.15) is 10.4 Å². The van der Waals surface area contributed by atoms with Crippen molar-refractivity contribution in [2.75, 3.05) is 20.2 Å². The number of aromatic nitrogens is 1. The van der Waals surface area contributed by atoms with E-state index in [-0.39, 0.29) is 18.1 Å². The molecule has 17 heavy (non-hydrogen) atoms. The quantitative estimate of drug-likeness (QED) is 0.856. The fraction of sp³-hybridized carbons (Fsp3) is 0.455. The van der Waals surface area contributed by atoms with Crippen LogP contribution in [0.4, 0.5) is 0 Å². The van der Waals surface area contributed by atoms with Crippen molar-refractivity contribution in [1.82, 2.24) is 15.6 Å². The summed E-state index contributed by atoms with van der Waals surface area (Å²) in [4.78, 5) is 16.0. The Balaban J connectivity index is 2.04. The molecule has 1 aromatic heterocycles. The number of carbonyl (C=O) groups is 1. The van der Waals surface area contributed by atoms with Crippen LogP contribution in [0.2, 0.25) is 0 Å². The Morgan fingerprint density at radius 2 is 2.47 bits per heavy atom. The Hall–Kier alpha value is -0.980. The fourth-order valence-electron chi connectivity index (χ4n) is 1.85. The number of nitrogens with one attached hydrogen (secondary N) is 2. The standard InChI is InChI=1S/C11H14BrN3O2/c1-17-10-6-14-5-9(10)15-11(16)7-2-3-13-4-8(7)12/h2-4,9-10,14H,5-6H2,1H3,(H,15,16)/t9-,10-/m0/s1. The SMILES string of the molecule is CO[C@H]1CNC[C@@H]1NC(=O)c1ccncc1Br. The van der Waals surface area contributed by atoms with Gasteiger partial charge in [-0.3, -0.25) is 9.78 Å². The van der Waals surface area contributed by atoms with Crippen LogP contribution in [-0.4, -0.2) is 43.2 Å². The summed E-state index contributed by atoms with van der Waals surface area (Å²) < 4.78 is 5.98. The number of halogens is 1. The average molecular weight is 300 g/mol. The molecule has 2 atom stereocenters. The van der Waals surface area contributed by atoms with E-state index >= 15 is 0 Å². The first-order chi connectivity index (χ1) is 8.22. The van der Waals surface area contributed by atoms with Gasteiger partial charge in [0.05, 0.1) is 17.7 Å². The van der Waals surface area contributed by atoms with Crippen LogP contribution in [0.15, 0.2) is 22.9 Å². The minimum atomic E-state index is -0.116. The number of methoxy groups -OCH3 is 1. The first kappa shape index (κ1) is 12.5. The van der Waals surface area contributed by atoms with Crippen molar-refractivity contribution >= 4 is 21.8 Å². The van der Waals surface area contributed by atoms with Gasteiger partial charge in [-0.25, -0.2) is 0 Å². The zero-order valence-electron chi connectivity index (χ0n) is 9.44. The van der Waals surface area contributed by atoms with Gasteiger partial charge < -0.3 is 15.4 Å². The van der Waals surface area contributed by atoms with Crippen LogP contribution in [0, 0.1) is 0 Å². The predicted octanol–water partition coefficient (Wildman–Crippen LogP) is 0.561. The maximum atomic E-state index is 12.0. The summed E-state index contributed by atoms with van der Waals surface area (Å²) in [6.45, 7) is 1.49. The van der Waals surface area contributed by atoms with Crippen LogP contribution in [-0.2, 0) is 4.74 Å². The molecule has 1 aromatic rings. The number of amides is 1. The highest BCUT2D eigenvalue weighted by Crippen LogP contribution is 2.15. The van der Waals surface area contributed by atoms with Gasteiger partial charge in [0, 0.05) is 37.1 Å². The van der Waals surface area contributed by atoms with Crippen molar-refractivity contribution in [2.45, 2.75) is 12.1 Å². The Morgan fingerprint density at radius 3 is 3.18 bits per heavy atom. The van der Waals surface area contributed by atoms with Crippen LogP contribution in [0.5, 0.6) is 0 Å². The van der Waals surface area contributed by atoms with Gasteiger partial charge in [0.15, 0.2) is 0 Å². The van der Waals surface area contributed by atoms with E-state index in [0.29, 0.717) is 10.0 Å². The van der Waals surface area contributed by atoms with E-state index in [2.05, 4.69) is 31.5 Å². The number of nitrogens with zero attached hydrogens (tertiary/aromatic N) is 1. The van der Waals surface area contributed by atoms with Gasteiger partial charge in [0.1, 0.15) is 0 Å². The van der Waals surface area contributed by atoms with Crippen molar-refractivity contribution < 1.29 is 9.53 Å². The second-order valence-electron chi connectivity index (χ2n) is 3.87. The van der Waals surface area contributed by atoms with Gasteiger partial charge >= 0.3 is 0 Å². The Bertz CT molecular complexity index is 413. The first-order valence-electron chi connectivity index (χ1n) is 5.36. The molecule has 0 aromatic carbocycles. The highest BCUT2D eigenvalue weighted by Gasteiger charge is 2.28. The molecule has 0 radical (unpaired) electrons. The van der Waals surface area contributed by atoms with E-state index in [1.165, 1.54) is 0 Å². The van der Waals surface area contributed by atoms with Crippen LogP contribution in [0.3, 0.4) is 0 Å². The molecule has 0 aliphatic carbocycles. The molecule has 1 aliphatic heterocycles. The maximum absolute atomic E-state index is 12.0. The summed E-state index contributed by atoms with van der Waals surface area (Å²) in [5.41, 5.74) is 0.585. The molecular formula is C11H14BrN3O2. The van der Waals surface area contributed by atoms with Crippen molar-refractivity contribution in [2.24, 2.45) is 0 Å². The normalized spacial score (nSPS) is 23.6. The Labute approximate surface area is 108 Å². The van der Waals surface area contributed by atoms with Crippen molar-refractivity contribution in [3.63, 3.8) is 0 Å². The number of hydrogen-bond donors (Lipinski definition) is 2. The molecular weight excluding hydrogens is 286 g/mol. The topological polar surface area (TPSA) is 63.2 Å². The van der Waals surface area contributed by atoms with E-state index in [9.17, 15) is 4.79 Å². The fourth-order valence-corrected chi connectivity index (χ4v) is 2.28. The molecule has 0 unspecified atom stereocenters. The lowest BCUT2D eigenvalue weighted by atomic mass is 10.2. The summed E-state index contributed by atoms with van der Waals surface area (Å²) >= 11 is 3.31. The van der Waals surface area contributed by atoms with Gasteiger partial charge in [-0.05, 0) is 22.0 Å². The number of ether oxygens (including phenoxy) is 1. The van der Waals surface area contributed by atoms with E-state index < -0.39 is 0 Å². The predicted molar refractivity (Wildman–Crippen MR) is 66.9 cm³/mol. The summed E-state index contributed by atoms with van der Waals surface area (Å²) in [5.74, 6) is -0.116. The van der Waals surface area contributed by atoms with Gasteiger partial charge in [0.2, 0.25) is 0 Å². The zero-order valence-corrected chi connectivity index (χ0v) is 11.0. The molecule has 0 bridgehead atoms. The first-order valence-corrected chi connectivity index (χ1v) is 6.15. The Kier molecular flexibility index (Phi) is 4.09. The van der Waals surface area contributed by atoms with Crippen molar-refractivity contribution in [1.29, 1.82) is 0 Å². The Morgan fingerprint density at radius 1 is 1.65 bits per heavy atom. The van der Waals surface area contributed by atoms with Crippen molar-refractivity contribution in [3.8, 4) is 0 Å². The smallest absolute Gasteiger partial charge is 0.252 e. The number of pyridine rings is 1. The van der Waals surface area contributed by atoms with Crippen LogP contribution < -0.4 is 10.6 Å². The third-order valence-electron chi connectivity index (χ3n) is 2.79. The molecule has 1 saturated heterocycles. The number of hydrogen-bond acceptors (Lipinski definition) is 4. The molecule has 2 N–H and O–H groups in total. The monoisotopic (exact) mass is 299 g/mol. The zero-order chi connectivity index (χ0) is 12.3. The highest BCUT2D eigenvalue weighted by atomic mass is 79.9. The van der Waals surface area contributed by atoms with E-state index in [4.69, 9.17) is 4.74 Å². The summed E-state index contributed by atoms with van der Waals surface area (Å²) in [7, 11) is 1.65. The van der Waals surface area contributed by atoms with Gasteiger partial charge in [-0.15, -0.1) is 0 Å². The summed E-state index contributed by atoms with van der Waals surface area (Å²) in [5, 5.41) is 6.13. The average Bonchev–Trinajstić information content (AvgIpc) is 2.76. The lowest BCUT2D eigenvalue weighted by Gasteiger charge is -2.18. The summed E-state index contributed by atoms with van der Waals surface area (Å²) in [6.07, 6.45) is 3.23. The lowest BCUT2D eigenvalue weighted by Crippen LogP contribution is -2.43. The van der Waals surface area contributed by atoms with Gasteiger partial charge in [-0.2, -0.15) is 0 Å². The third-order valence-corrected chi connectivity index (χ3v) is 3.43. The van der Waals surface area contributed by atoms with Gasteiger partial charge in [0.25, 0.3) is 5.91 Å². The maximum Gasteiger partial charge on any atom is 0.252 e. The van der Waals surface area contributed by atoms with Crippen LogP contribution >= 0.6 is 15.9 Å². The molecule has 2 rings (SSSR count). The lowest BCUT2D eigenvalue weighted by molar-refractivity contribution is 0.0779. The minimum Gasteiger partial charge on any atom is -0.378 e. The molecule has 0 saturated carbocycles. The molecule has 1 fully saturated rings. The van der Waals surface area contributed by atoms with Crippen molar-refractivity contribution in [3.05, 3.63) is 28.5 Å². The molecule has 0 spiro atoms. The second-order valence-corrected chi connectivity index (χ2v) is 4.72. The largest absolute Gasteiger partial charge is 0.378 e. The molecule has 92 valence electrons. The molecule has 1 aliphatic rings. The third kappa shape index (κ3) is 2.83.